The summed E-state index contributed by atoms with van der Waals surface area (Å²) in [5.41, 5.74) is 2.24. The van der Waals surface area contributed by atoms with Crippen molar-refractivity contribution in [1.29, 1.82) is 0 Å². The van der Waals surface area contributed by atoms with E-state index in [0.29, 0.717) is 5.88 Å². The Balaban J connectivity index is 2.30. The van der Waals surface area contributed by atoms with Gasteiger partial charge in [0.2, 0.25) is 0 Å². The lowest BCUT2D eigenvalue weighted by molar-refractivity contribution is 0.290. The van der Waals surface area contributed by atoms with Crippen LogP contribution in [-0.2, 0) is 13.0 Å². The van der Waals surface area contributed by atoms with Crippen molar-refractivity contribution in [2.24, 2.45) is 0 Å². The maximum absolute atomic E-state index is 5.91. The van der Waals surface area contributed by atoms with Gasteiger partial charge in [0.15, 0.2) is 0 Å². The third-order valence-electron chi connectivity index (χ3n) is 3.64. The van der Waals surface area contributed by atoms with Crippen LogP contribution in [0.2, 0.25) is 0 Å². The molecule has 0 amide bonds. The highest BCUT2D eigenvalue weighted by Crippen LogP contribution is 2.21. The predicted molar refractivity (Wildman–Crippen MR) is 89.6 cm³/mol. The van der Waals surface area contributed by atoms with Crippen LogP contribution in [0.25, 0.3) is 11.0 Å². The Morgan fingerprint density at radius 3 is 2.70 bits per heavy atom. The molecule has 110 valence electrons. The number of rotatable bonds is 7. The number of aromatic nitrogens is 2. The fourth-order valence-electron chi connectivity index (χ4n) is 2.46. The van der Waals surface area contributed by atoms with Crippen LogP contribution in [0.3, 0.4) is 0 Å². The van der Waals surface area contributed by atoms with Gasteiger partial charge in [-0.3, -0.25) is 0 Å². The molecule has 2 rings (SSSR count). The number of benzene rings is 1. The van der Waals surface area contributed by atoms with Gasteiger partial charge in [0.25, 0.3) is 0 Å². The Morgan fingerprint density at radius 1 is 1.30 bits per heavy atom. The number of fused-ring (bicyclic) bond motifs is 1. The Hall–Kier alpha value is -0.580. The van der Waals surface area contributed by atoms with Crippen molar-refractivity contribution in [1.82, 2.24) is 14.5 Å². The monoisotopic (exact) mass is 357 g/mol. The topological polar surface area (TPSA) is 21.1 Å². The van der Waals surface area contributed by atoms with Crippen molar-refractivity contribution in [3.8, 4) is 0 Å². The van der Waals surface area contributed by atoms with E-state index in [-0.39, 0.29) is 0 Å². The van der Waals surface area contributed by atoms with Gasteiger partial charge in [-0.1, -0.05) is 29.8 Å². The first-order chi connectivity index (χ1) is 9.69. The van der Waals surface area contributed by atoms with Crippen molar-refractivity contribution in [2.75, 3.05) is 25.5 Å². The smallest absolute Gasteiger partial charge is 0.111 e. The highest BCUT2D eigenvalue weighted by atomic mass is 79.9. The maximum atomic E-state index is 5.91. The van der Waals surface area contributed by atoms with Crippen molar-refractivity contribution < 1.29 is 0 Å². The van der Waals surface area contributed by atoms with E-state index in [1.165, 1.54) is 5.52 Å². The molecule has 0 aliphatic carbocycles. The number of alkyl halides is 1. The normalized spacial score (nSPS) is 11.7. The maximum Gasteiger partial charge on any atom is 0.111 e. The SMILES string of the molecule is CCN(CC)CCn1c(CCCl)nc2cc(Br)ccc21. The molecule has 3 nitrogen and oxygen atoms in total. The van der Waals surface area contributed by atoms with Crippen LogP contribution in [0, 0.1) is 0 Å². The van der Waals surface area contributed by atoms with Crippen molar-refractivity contribution in [3.63, 3.8) is 0 Å². The van der Waals surface area contributed by atoms with E-state index < -0.39 is 0 Å². The second-order valence-electron chi connectivity index (χ2n) is 4.78. The van der Waals surface area contributed by atoms with Crippen molar-refractivity contribution in [3.05, 3.63) is 28.5 Å². The van der Waals surface area contributed by atoms with Gasteiger partial charge in [0.05, 0.1) is 11.0 Å². The second-order valence-corrected chi connectivity index (χ2v) is 6.07. The molecular weight excluding hydrogens is 338 g/mol. The molecule has 0 saturated heterocycles. The quantitative estimate of drug-likeness (QED) is 0.699. The van der Waals surface area contributed by atoms with Gasteiger partial charge in [0, 0.05) is 29.9 Å². The molecule has 5 heteroatoms. The minimum absolute atomic E-state index is 0.607. The molecule has 2 aromatic rings. The fraction of sp³-hybridized carbons (Fsp3) is 0.533. The van der Waals surface area contributed by atoms with Crippen LogP contribution >= 0.6 is 27.5 Å². The summed E-state index contributed by atoms with van der Waals surface area (Å²) in [6, 6.07) is 6.27. The number of halogens is 2. The molecule has 1 heterocycles. The predicted octanol–water partition coefficient (Wildman–Crippen LogP) is 3.92. The Kier molecular flexibility index (Phi) is 5.87. The lowest BCUT2D eigenvalue weighted by Gasteiger charge is -2.19. The number of hydrogen-bond donors (Lipinski definition) is 0. The van der Waals surface area contributed by atoms with Gasteiger partial charge in [-0.2, -0.15) is 0 Å². The molecule has 0 unspecified atom stereocenters. The van der Waals surface area contributed by atoms with Crippen LogP contribution < -0.4 is 0 Å². The molecule has 0 atom stereocenters. The molecule has 0 bridgehead atoms. The molecule has 20 heavy (non-hydrogen) atoms. The summed E-state index contributed by atoms with van der Waals surface area (Å²) < 4.78 is 3.37. The minimum Gasteiger partial charge on any atom is -0.327 e. The van der Waals surface area contributed by atoms with E-state index in [1.54, 1.807) is 0 Å². The lowest BCUT2D eigenvalue weighted by atomic mass is 10.3. The second kappa shape index (κ2) is 7.43. The van der Waals surface area contributed by atoms with Gasteiger partial charge in [-0.25, -0.2) is 4.98 Å². The summed E-state index contributed by atoms with van der Waals surface area (Å²) in [6.45, 7) is 8.58. The number of aryl methyl sites for hydroxylation is 1. The average Bonchev–Trinajstić information content (AvgIpc) is 2.77. The molecule has 0 aliphatic heterocycles. The molecule has 0 spiro atoms. The molecule has 0 saturated carbocycles. The zero-order chi connectivity index (χ0) is 14.5. The Morgan fingerprint density at radius 2 is 2.05 bits per heavy atom. The number of hydrogen-bond acceptors (Lipinski definition) is 2. The first-order valence-electron chi connectivity index (χ1n) is 7.12. The third-order valence-corrected chi connectivity index (χ3v) is 4.32. The first kappa shape index (κ1) is 15.8. The highest BCUT2D eigenvalue weighted by Gasteiger charge is 2.11. The van der Waals surface area contributed by atoms with E-state index in [1.807, 2.05) is 0 Å². The van der Waals surface area contributed by atoms with E-state index in [2.05, 4.69) is 57.4 Å². The zero-order valence-electron chi connectivity index (χ0n) is 12.1. The highest BCUT2D eigenvalue weighted by molar-refractivity contribution is 9.10. The van der Waals surface area contributed by atoms with E-state index in [9.17, 15) is 0 Å². The van der Waals surface area contributed by atoms with Crippen LogP contribution in [-0.4, -0.2) is 40.0 Å². The van der Waals surface area contributed by atoms with E-state index in [0.717, 1.165) is 48.4 Å². The minimum atomic E-state index is 0.607. The molecule has 0 aliphatic rings. The average molecular weight is 359 g/mol. The summed E-state index contributed by atoms with van der Waals surface area (Å²) in [4.78, 5) is 7.15. The van der Waals surface area contributed by atoms with Gasteiger partial charge in [0.1, 0.15) is 5.82 Å². The first-order valence-corrected chi connectivity index (χ1v) is 8.45. The standard InChI is InChI=1S/C15H21BrClN3/c1-3-19(4-2)9-10-20-14-6-5-12(16)11-13(14)18-15(20)7-8-17/h5-6,11H,3-4,7-10H2,1-2H3. The lowest BCUT2D eigenvalue weighted by Crippen LogP contribution is -2.27. The van der Waals surface area contributed by atoms with Gasteiger partial charge in [-0.05, 0) is 31.3 Å². The molecule has 1 aromatic heterocycles. The van der Waals surface area contributed by atoms with Gasteiger partial charge < -0.3 is 9.47 Å². The summed E-state index contributed by atoms with van der Waals surface area (Å²) in [5, 5.41) is 0. The van der Waals surface area contributed by atoms with Crippen LogP contribution in [0.15, 0.2) is 22.7 Å². The molecular formula is C15H21BrClN3. The van der Waals surface area contributed by atoms with Crippen molar-refractivity contribution in [2.45, 2.75) is 26.8 Å². The van der Waals surface area contributed by atoms with Gasteiger partial charge >= 0.3 is 0 Å². The number of imidazole rings is 1. The van der Waals surface area contributed by atoms with Crippen molar-refractivity contribution >= 4 is 38.6 Å². The van der Waals surface area contributed by atoms with Crippen LogP contribution in [0.5, 0.6) is 0 Å². The molecule has 0 radical (unpaired) electrons. The Bertz CT molecular complexity index is 563. The Labute approximate surface area is 134 Å². The zero-order valence-corrected chi connectivity index (χ0v) is 14.4. The summed E-state index contributed by atoms with van der Waals surface area (Å²) in [6.07, 6.45) is 0.812. The van der Waals surface area contributed by atoms with E-state index in [4.69, 9.17) is 16.6 Å². The summed E-state index contributed by atoms with van der Waals surface area (Å²) in [5.74, 6) is 1.69. The molecule has 0 fully saturated rings. The fourth-order valence-corrected chi connectivity index (χ4v) is 2.98. The third kappa shape index (κ3) is 3.54. The van der Waals surface area contributed by atoms with Crippen LogP contribution in [0.1, 0.15) is 19.7 Å². The van der Waals surface area contributed by atoms with Crippen LogP contribution in [0.4, 0.5) is 0 Å². The molecule has 0 N–H and O–H groups in total. The van der Waals surface area contributed by atoms with E-state index >= 15 is 0 Å². The number of nitrogens with zero attached hydrogens (tertiary/aromatic N) is 3. The molecule has 1 aromatic carbocycles. The summed E-state index contributed by atoms with van der Waals surface area (Å²) in [7, 11) is 0. The summed E-state index contributed by atoms with van der Waals surface area (Å²) >= 11 is 9.42. The number of likely N-dealkylation sites (N-methyl/N-ethyl adjacent to an activating group) is 1. The largest absolute Gasteiger partial charge is 0.327 e. The van der Waals surface area contributed by atoms with Gasteiger partial charge in [-0.15, -0.1) is 11.6 Å².